The molecule has 1 aromatic rings. The summed E-state index contributed by atoms with van der Waals surface area (Å²) in [6.45, 7) is 6.77. The van der Waals surface area contributed by atoms with E-state index in [2.05, 4.69) is 16.5 Å². The highest BCUT2D eigenvalue weighted by Gasteiger charge is 2.26. The molecular weight excluding hydrogens is 284 g/mol. The Morgan fingerprint density at radius 2 is 2.27 bits per heavy atom. The standard InChI is InChI=1S/C15H20N4O3/c1-10(2)15(21)19-5-6-22-13(9-19)12-8-17-7-11(18-12)3-4-14(16)20/h7-8,13H,1,3-6,9H2,2H3,(H2,16,20). The molecule has 118 valence electrons. The Hall–Kier alpha value is -2.28. The summed E-state index contributed by atoms with van der Waals surface area (Å²) in [5.41, 5.74) is 6.98. The lowest BCUT2D eigenvalue weighted by atomic mass is 10.1. The lowest BCUT2D eigenvalue weighted by Gasteiger charge is -2.32. The van der Waals surface area contributed by atoms with Crippen molar-refractivity contribution in [2.75, 3.05) is 19.7 Å². The summed E-state index contributed by atoms with van der Waals surface area (Å²) < 4.78 is 5.69. The van der Waals surface area contributed by atoms with Crippen LogP contribution in [-0.2, 0) is 20.7 Å². The third kappa shape index (κ3) is 4.11. The number of hydrogen-bond donors (Lipinski definition) is 1. The van der Waals surface area contributed by atoms with E-state index in [0.717, 1.165) is 0 Å². The van der Waals surface area contributed by atoms with E-state index in [-0.39, 0.29) is 24.3 Å². The number of nitrogens with two attached hydrogens (primary N) is 1. The van der Waals surface area contributed by atoms with Gasteiger partial charge in [0.1, 0.15) is 6.10 Å². The quantitative estimate of drug-likeness (QED) is 0.792. The molecule has 2 amide bonds. The second kappa shape index (κ2) is 7.13. The van der Waals surface area contributed by atoms with Crippen molar-refractivity contribution >= 4 is 11.8 Å². The number of carbonyl (C=O) groups is 2. The number of amides is 2. The van der Waals surface area contributed by atoms with Crippen LogP contribution < -0.4 is 5.73 Å². The maximum atomic E-state index is 12.0. The summed E-state index contributed by atoms with van der Waals surface area (Å²) in [5, 5.41) is 0. The minimum absolute atomic E-state index is 0.0776. The summed E-state index contributed by atoms with van der Waals surface area (Å²) in [7, 11) is 0. The van der Waals surface area contributed by atoms with Gasteiger partial charge in [0.2, 0.25) is 11.8 Å². The van der Waals surface area contributed by atoms with Gasteiger partial charge >= 0.3 is 0 Å². The van der Waals surface area contributed by atoms with E-state index in [1.165, 1.54) is 0 Å². The highest BCUT2D eigenvalue weighted by molar-refractivity contribution is 5.92. The topological polar surface area (TPSA) is 98.4 Å². The Bertz CT molecular complexity index is 588. The fourth-order valence-corrected chi connectivity index (χ4v) is 2.23. The van der Waals surface area contributed by atoms with E-state index in [1.54, 1.807) is 24.2 Å². The van der Waals surface area contributed by atoms with Crippen molar-refractivity contribution in [3.05, 3.63) is 35.9 Å². The molecule has 1 aliphatic rings. The summed E-state index contributed by atoms with van der Waals surface area (Å²) >= 11 is 0. The van der Waals surface area contributed by atoms with Crippen molar-refractivity contribution in [1.29, 1.82) is 0 Å². The van der Waals surface area contributed by atoms with Gasteiger partial charge in [0, 0.05) is 24.7 Å². The average Bonchev–Trinajstić information content (AvgIpc) is 2.52. The van der Waals surface area contributed by atoms with E-state index in [1.807, 2.05) is 0 Å². The molecule has 0 aliphatic carbocycles. The molecule has 0 aromatic carbocycles. The minimum Gasteiger partial charge on any atom is -0.370 e. The van der Waals surface area contributed by atoms with Crippen LogP contribution in [0.4, 0.5) is 0 Å². The van der Waals surface area contributed by atoms with Crippen LogP contribution in [0.2, 0.25) is 0 Å². The monoisotopic (exact) mass is 304 g/mol. The zero-order valence-corrected chi connectivity index (χ0v) is 12.6. The van der Waals surface area contributed by atoms with Gasteiger partial charge in [-0.1, -0.05) is 6.58 Å². The van der Waals surface area contributed by atoms with E-state index in [4.69, 9.17) is 10.5 Å². The second-order valence-electron chi connectivity index (χ2n) is 5.29. The molecule has 1 fully saturated rings. The Kier molecular flexibility index (Phi) is 5.21. The molecule has 1 aromatic heterocycles. The molecule has 1 atom stereocenters. The molecule has 0 saturated carbocycles. The van der Waals surface area contributed by atoms with Crippen LogP contribution in [0.3, 0.4) is 0 Å². The summed E-state index contributed by atoms with van der Waals surface area (Å²) in [6, 6.07) is 0. The van der Waals surface area contributed by atoms with Crippen molar-refractivity contribution in [3.8, 4) is 0 Å². The molecule has 2 heterocycles. The van der Waals surface area contributed by atoms with Gasteiger partial charge in [0.15, 0.2) is 0 Å². The summed E-state index contributed by atoms with van der Waals surface area (Å²) in [4.78, 5) is 33.1. The predicted molar refractivity (Wildman–Crippen MR) is 79.6 cm³/mol. The van der Waals surface area contributed by atoms with E-state index >= 15 is 0 Å². The predicted octanol–water partition coefficient (Wildman–Crippen LogP) is 0.370. The van der Waals surface area contributed by atoms with Crippen LogP contribution in [0.1, 0.15) is 30.8 Å². The number of ether oxygens (including phenoxy) is 1. The number of aromatic nitrogens is 2. The third-order valence-electron chi connectivity index (χ3n) is 3.38. The maximum Gasteiger partial charge on any atom is 0.249 e. The zero-order valence-electron chi connectivity index (χ0n) is 12.6. The molecule has 22 heavy (non-hydrogen) atoms. The van der Waals surface area contributed by atoms with Crippen molar-refractivity contribution in [3.63, 3.8) is 0 Å². The van der Waals surface area contributed by atoms with Crippen LogP contribution >= 0.6 is 0 Å². The molecule has 1 saturated heterocycles. The molecular formula is C15H20N4O3. The van der Waals surface area contributed by atoms with Crippen LogP contribution in [0.25, 0.3) is 0 Å². The van der Waals surface area contributed by atoms with Gasteiger partial charge in [-0.3, -0.25) is 19.6 Å². The molecule has 1 unspecified atom stereocenters. The lowest BCUT2D eigenvalue weighted by molar-refractivity contribution is -0.135. The fraction of sp³-hybridized carbons (Fsp3) is 0.467. The maximum absolute atomic E-state index is 12.0. The number of hydrogen-bond acceptors (Lipinski definition) is 5. The Morgan fingerprint density at radius 1 is 1.50 bits per heavy atom. The first-order valence-electron chi connectivity index (χ1n) is 7.13. The largest absolute Gasteiger partial charge is 0.370 e. The number of aryl methyl sites for hydroxylation is 1. The smallest absolute Gasteiger partial charge is 0.249 e. The van der Waals surface area contributed by atoms with Crippen LogP contribution in [0.15, 0.2) is 24.5 Å². The third-order valence-corrected chi connectivity index (χ3v) is 3.38. The molecule has 1 aliphatic heterocycles. The van der Waals surface area contributed by atoms with Gasteiger partial charge < -0.3 is 15.4 Å². The van der Waals surface area contributed by atoms with E-state index in [0.29, 0.717) is 43.1 Å². The van der Waals surface area contributed by atoms with Gasteiger partial charge in [-0.15, -0.1) is 0 Å². The fourth-order valence-electron chi connectivity index (χ4n) is 2.23. The molecule has 0 bridgehead atoms. The second-order valence-corrected chi connectivity index (χ2v) is 5.29. The van der Waals surface area contributed by atoms with Crippen molar-refractivity contribution in [2.24, 2.45) is 5.73 Å². The van der Waals surface area contributed by atoms with Gasteiger partial charge in [-0.2, -0.15) is 0 Å². The Balaban J connectivity index is 2.07. The van der Waals surface area contributed by atoms with Gasteiger partial charge in [-0.25, -0.2) is 0 Å². The highest BCUT2D eigenvalue weighted by atomic mass is 16.5. The SMILES string of the molecule is C=C(C)C(=O)N1CCOC(c2cncc(CCC(N)=O)n2)C1. The van der Waals surface area contributed by atoms with Crippen LogP contribution in [-0.4, -0.2) is 46.4 Å². The van der Waals surface area contributed by atoms with Gasteiger partial charge in [0.25, 0.3) is 0 Å². The van der Waals surface area contributed by atoms with Crippen molar-refractivity contribution in [1.82, 2.24) is 14.9 Å². The number of nitrogens with zero attached hydrogens (tertiary/aromatic N) is 3. The van der Waals surface area contributed by atoms with Crippen LogP contribution in [0, 0.1) is 0 Å². The highest BCUT2D eigenvalue weighted by Crippen LogP contribution is 2.21. The number of morpholine rings is 1. The zero-order chi connectivity index (χ0) is 16.1. The summed E-state index contributed by atoms with van der Waals surface area (Å²) in [5.74, 6) is -0.453. The van der Waals surface area contributed by atoms with Crippen molar-refractivity contribution < 1.29 is 14.3 Å². The van der Waals surface area contributed by atoms with E-state index in [9.17, 15) is 9.59 Å². The van der Waals surface area contributed by atoms with Gasteiger partial charge in [0.05, 0.1) is 30.7 Å². The minimum atomic E-state index is -0.376. The molecule has 2 N–H and O–H groups in total. The Labute approximate surface area is 129 Å². The molecule has 0 radical (unpaired) electrons. The van der Waals surface area contributed by atoms with Crippen molar-refractivity contribution in [2.45, 2.75) is 25.9 Å². The molecule has 7 heteroatoms. The van der Waals surface area contributed by atoms with Crippen LogP contribution in [0.5, 0.6) is 0 Å². The average molecular weight is 304 g/mol. The van der Waals surface area contributed by atoms with Gasteiger partial charge in [-0.05, 0) is 13.3 Å². The molecule has 2 rings (SSSR count). The summed E-state index contributed by atoms with van der Waals surface area (Å²) in [6.07, 6.45) is 3.57. The lowest BCUT2D eigenvalue weighted by Crippen LogP contribution is -2.42. The first-order valence-corrected chi connectivity index (χ1v) is 7.13. The number of primary amides is 1. The molecule has 0 spiro atoms. The number of carbonyl (C=O) groups excluding carboxylic acids is 2. The first kappa shape index (κ1) is 16.1. The van der Waals surface area contributed by atoms with E-state index < -0.39 is 0 Å². The normalized spacial score (nSPS) is 18.0. The number of rotatable bonds is 5. The first-order chi connectivity index (χ1) is 10.5. The Morgan fingerprint density at radius 3 is 2.95 bits per heavy atom. The molecule has 7 nitrogen and oxygen atoms in total.